The van der Waals surface area contributed by atoms with Crippen molar-refractivity contribution >= 4 is 15.9 Å². The Kier molecular flexibility index (Phi) is 4.65. The van der Waals surface area contributed by atoms with E-state index < -0.39 is 0 Å². The number of hydrogen-bond donors (Lipinski definition) is 0. The van der Waals surface area contributed by atoms with Gasteiger partial charge < -0.3 is 0 Å². The SMILES string of the molecule is CC(C)C(C)C(Br)c1ccc2c(c1)C(C)(C)CCC2(C)C. The van der Waals surface area contributed by atoms with Crippen molar-refractivity contribution in [1.29, 1.82) is 0 Å². The standard InChI is InChI=1S/C20H31Br/c1-13(2)14(3)18(21)15-8-9-16-17(12-15)20(6,7)11-10-19(16,4)5/h8-9,12-14,18H,10-11H2,1-7H3. The summed E-state index contributed by atoms with van der Waals surface area (Å²) in [4.78, 5) is 0.448. The van der Waals surface area contributed by atoms with Gasteiger partial charge in [-0.2, -0.15) is 0 Å². The minimum Gasteiger partial charge on any atom is -0.0836 e. The van der Waals surface area contributed by atoms with Gasteiger partial charge in [0, 0.05) is 4.83 Å². The van der Waals surface area contributed by atoms with Crippen molar-refractivity contribution < 1.29 is 0 Å². The largest absolute Gasteiger partial charge is 0.0836 e. The molecule has 0 nitrogen and oxygen atoms in total. The maximum Gasteiger partial charge on any atom is 0.0423 e. The van der Waals surface area contributed by atoms with Gasteiger partial charge in [-0.05, 0) is 52.2 Å². The van der Waals surface area contributed by atoms with E-state index in [0.717, 1.165) is 0 Å². The van der Waals surface area contributed by atoms with Crippen LogP contribution < -0.4 is 0 Å². The van der Waals surface area contributed by atoms with Crippen LogP contribution in [0.2, 0.25) is 0 Å². The molecular formula is C20H31Br. The van der Waals surface area contributed by atoms with Gasteiger partial charge in [-0.3, -0.25) is 0 Å². The second kappa shape index (κ2) is 5.72. The number of hydrogen-bond acceptors (Lipinski definition) is 0. The molecule has 0 spiro atoms. The van der Waals surface area contributed by atoms with Crippen molar-refractivity contribution in [3.05, 3.63) is 34.9 Å². The number of fused-ring (bicyclic) bond motifs is 1. The lowest BCUT2D eigenvalue weighted by Gasteiger charge is -2.42. The second-order valence-electron chi connectivity index (χ2n) is 8.58. The molecule has 1 aromatic rings. The van der Waals surface area contributed by atoms with Crippen LogP contribution in [0.15, 0.2) is 18.2 Å². The van der Waals surface area contributed by atoms with Crippen LogP contribution >= 0.6 is 15.9 Å². The van der Waals surface area contributed by atoms with Crippen LogP contribution in [0.4, 0.5) is 0 Å². The van der Waals surface area contributed by atoms with E-state index in [1.807, 2.05) is 0 Å². The van der Waals surface area contributed by atoms with E-state index in [1.165, 1.54) is 18.4 Å². The molecular weight excluding hydrogens is 320 g/mol. The summed E-state index contributed by atoms with van der Waals surface area (Å²) in [6.07, 6.45) is 2.57. The van der Waals surface area contributed by atoms with E-state index in [4.69, 9.17) is 0 Å². The molecule has 0 heterocycles. The van der Waals surface area contributed by atoms with Gasteiger partial charge in [0.2, 0.25) is 0 Å². The Morgan fingerprint density at radius 2 is 1.43 bits per heavy atom. The van der Waals surface area contributed by atoms with E-state index in [-0.39, 0.29) is 0 Å². The molecule has 1 aliphatic carbocycles. The van der Waals surface area contributed by atoms with Crippen LogP contribution in [0.25, 0.3) is 0 Å². The Morgan fingerprint density at radius 1 is 0.905 bits per heavy atom. The molecule has 0 amide bonds. The van der Waals surface area contributed by atoms with Crippen molar-refractivity contribution in [1.82, 2.24) is 0 Å². The van der Waals surface area contributed by atoms with Gasteiger partial charge in [-0.1, -0.05) is 82.6 Å². The van der Waals surface area contributed by atoms with Gasteiger partial charge in [0.25, 0.3) is 0 Å². The van der Waals surface area contributed by atoms with E-state index >= 15 is 0 Å². The smallest absolute Gasteiger partial charge is 0.0423 e. The zero-order chi connectivity index (χ0) is 16.0. The third kappa shape index (κ3) is 3.23. The maximum absolute atomic E-state index is 3.95. The molecule has 0 aliphatic heterocycles. The van der Waals surface area contributed by atoms with E-state index in [0.29, 0.717) is 27.5 Å². The molecule has 0 N–H and O–H groups in total. The summed E-state index contributed by atoms with van der Waals surface area (Å²) in [5, 5.41) is 0. The van der Waals surface area contributed by atoms with Gasteiger partial charge in [0.1, 0.15) is 0 Å². The number of benzene rings is 1. The summed E-state index contributed by atoms with van der Waals surface area (Å²) in [7, 11) is 0. The lowest BCUT2D eigenvalue weighted by Crippen LogP contribution is -2.34. The third-order valence-corrected chi connectivity index (χ3v) is 7.07. The Morgan fingerprint density at radius 3 is 1.95 bits per heavy atom. The van der Waals surface area contributed by atoms with E-state index in [2.05, 4.69) is 82.6 Å². The van der Waals surface area contributed by atoms with Crippen LogP contribution in [0.1, 0.15) is 82.8 Å². The monoisotopic (exact) mass is 350 g/mol. The average Bonchev–Trinajstić information content (AvgIpc) is 2.42. The normalized spacial score (nSPS) is 22.7. The molecule has 0 saturated carbocycles. The van der Waals surface area contributed by atoms with E-state index in [9.17, 15) is 0 Å². The molecule has 0 aromatic heterocycles. The first-order valence-electron chi connectivity index (χ1n) is 8.35. The highest BCUT2D eigenvalue weighted by molar-refractivity contribution is 9.09. The van der Waals surface area contributed by atoms with Crippen LogP contribution in [0, 0.1) is 11.8 Å². The van der Waals surface area contributed by atoms with Gasteiger partial charge in [-0.15, -0.1) is 0 Å². The Labute approximate surface area is 139 Å². The maximum atomic E-state index is 3.95. The molecule has 1 heteroatoms. The fraction of sp³-hybridized carbons (Fsp3) is 0.700. The summed E-state index contributed by atoms with van der Waals surface area (Å²) in [5.41, 5.74) is 5.18. The third-order valence-electron chi connectivity index (χ3n) is 5.71. The van der Waals surface area contributed by atoms with Gasteiger partial charge in [-0.25, -0.2) is 0 Å². The topological polar surface area (TPSA) is 0 Å². The number of rotatable bonds is 3. The highest BCUT2D eigenvalue weighted by Crippen LogP contribution is 2.47. The molecule has 2 rings (SSSR count). The lowest BCUT2D eigenvalue weighted by molar-refractivity contribution is 0.331. The average molecular weight is 351 g/mol. The molecule has 0 saturated heterocycles. The molecule has 0 fully saturated rings. The number of alkyl halides is 1. The minimum absolute atomic E-state index is 0.300. The predicted octanol–water partition coefficient (Wildman–Crippen LogP) is 6.76. The van der Waals surface area contributed by atoms with Gasteiger partial charge in [0.05, 0.1) is 0 Å². The molecule has 1 aromatic carbocycles. The summed E-state index contributed by atoms with van der Waals surface area (Å²) in [6.45, 7) is 16.6. The zero-order valence-electron chi connectivity index (χ0n) is 14.8. The highest BCUT2D eigenvalue weighted by Gasteiger charge is 2.37. The fourth-order valence-corrected chi connectivity index (χ4v) is 4.31. The van der Waals surface area contributed by atoms with Crippen molar-refractivity contribution in [3.8, 4) is 0 Å². The summed E-state index contributed by atoms with van der Waals surface area (Å²) in [5.74, 6) is 1.33. The van der Waals surface area contributed by atoms with Crippen LogP contribution in [0.5, 0.6) is 0 Å². The second-order valence-corrected chi connectivity index (χ2v) is 9.56. The van der Waals surface area contributed by atoms with Crippen molar-refractivity contribution in [3.63, 3.8) is 0 Å². The van der Waals surface area contributed by atoms with Crippen molar-refractivity contribution in [2.24, 2.45) is 11.8 Å². The molecule has 2 unspecified atom stereocenters. The van der Waals surface area contributed by atoms with Crippen molar-refractivity contribution in [2.45, 2.75) is 77.0 Å². The van der Waals surface area contributed by atoms with Gasteiger partial charge >= 0.3 is 0 Å². The lowest BCUT2D eigenvalue weighted by atomic mass is 9.63. The van der Waals surface area contributed by atoms with E-state index in [1.54, 1.807) is 11.1 Å². The number of halogens is 1. The first kappa shape index (κ1) is 17.1. The molecule has 0 radical (unpaired) electrons. The summed E-state index contributed by atoms with van der Waals surface area (Å²) >= 11 is 3.95. The quantitative estimate of drug-likeness (QED) is 0.528. The molecule has 0 bridgehead atoms. The Bertz CT molecular complexity index is 511. The van der Waals surface area contributed by atoms with Crippen LogP contribution in [-0.4, -0.2) is 0 Å². The molecule has 2 atom stereocenters. The van der Waals surface area contributed by atoms with Crippen molar-refractivity contribution in [2.75, 3.05) is 0 Å². The summed E-state index contributed by atoms with van der Waals surface area (Å²) < 4.78 is 0. The molecule has 118 valence electrons. The molecule has 1 aliphatic rings. The van der Waals surface area contributed by atoms with Gasteiger partial charge in [0.15, 0.2) is 0 Å². The summed E-state index contributed by atoms with van der Waals surface area (Å²) in [6, 6.07) is 7.22. The minimum atomic E-state index is 0.300. The van der Waals surface area contributed by atoms with Crippen LogP contribution in [0.3, 0.4) is 0 Å². The molecule has 21 heavy (non-hydrogen) atoms. The first-order valence-corrected chi connectivity index (χ1v) is 9.27. The predicted molar refractivity (Wildman–Crippen MR) is 97.4 cm³/mol. The first-order chi connectivity index (χ1) is 9.56. The van der Waals surface area contributed by atoms with Crippen LogP contribution in [-0.2, 0) is 10.8 Å². The Balaban J connectivity index is 2.47. The Hall–Kier alpha value is -0.300. The fourth-order valence-electron chi connectivity index (χ4n) is 3.42. The zero-order valence-corrected chi connectivity index (χ0v) is 16.3. The highest BCUT2D eigenvalue weighted by atomic mass is 79.9.